The van der Waals surface area contributed by atoms with Gasteiger partial charge in [-0.15, -0.1) is 11.3 Å². The molecule has 3 aromatic heterocycles. The first kappa shape index (κ1) is 24.8. The van der Waals surface area contributed by atoms with Crippen molar-refractivity contribution in [2.75, 3.05) is 31.2 Å². The summed E-state index contributed by atoms with van der Waals surface area (Å²) >= 11 is 1.11. The van der Waals surface area contributed by atoms with Crippen LogP contribution in [0.4, 0.5) is 5.69 Å². The first-order valence-corrected chi connectivity index (χ1v) is 12.9. The number of morpholine rings is 1. The van der Waals surface area contributed by atoms with E-state index in [1.165, 1.54) is 6.07 Å². The first-order valence-electron chi connectivity index (χ1n) is 12.1. The lowest BCUT2D eigenvalue weighted by Crippen LogP contribution is -2.36. The molecule has 0 bridgehead atoms. The summed E-state index contributed by atoms with van der Waals surface area (Å²) in [5, 5.41) is 22.7. The van der Waals surface area contributed by atoms with E-state index in [0.29, 0.717) is 34.9 Å². The van der Waals surface area contributed by atoms with E-state index in [9.17, 15) is 19.8 Å². The number of nitrogens with zero attached hydrogens (tertiary/aromatic N) is 4. The van der Waals surface area contributed by atoms with Gasteiger partial charge in [-0.1, -0.05) is 17.3 Å². The Bertz CT molecular complexity index is 1570. The number of anilines is 1. The summed E-state index contributed by atoms with van der Waals surface area (Å²) in [4.78, 5) is 35.4. The molecule has 0 radical (unpaired) electrons. The van der Waals surface area contributed by atoms with Crippen LogP contribution in [0.1, 0.15) is 36.5 Å². The lowest BCUT2D eigenvalue weighted by molar-refractivity contribution is 0.0688. The average Bonchev–Trinajstić information content (AvgIpc) is 3.45. The summed E-state index contributed by atoms with van der Waals surface area (Å²) in [6.07, 6.45) is 2.86. The van der Waals surface area contributed by atoms with E-state index >= 15 is 0 Å². The van der Waals surface area contributed by atoms with Crippen LogP contribution in [-0.4, -0.2) is 64.8 Å². The zero-order valence-electron chi connectivity index (χ0n) is 20.4. The molecule has 1 saturated heterocycles. The van der Waals surface area contributed by atoms with Crippen molar-refractivity contribution in [3.05, 3.63) is 69.5 Å². The zero-order valence-corrected chi connectivity index (χ0v) is 21.3. The molecule has 1 fully saturated rings. The summed E-state index contributed by atoms with van der Waals surface area (Å²) in [5.74, 6) is -1.85. The molecular formula is C27H22N4O7S. The maximum atomic E-state index is 11.9. The van der Waals surface area contributed by atoms with Crippen molar-refractivity contribution in [3.63, 3.8) is 0 Å². The van der Waals surface area contributed by atoms with E-state index in [-0.39, 0.29) is 34.7 Å². The Balaban J connectivity index is 1.41. The minimum atomic E-state index is -1.18. The highest BCUT2D eigenvalue weighted by molar-refractivity contribution is 7.13. The smallest absolute Gasteiger partial charge is 0.345 e. The van der Waals surface area contributed by atoms with Gasteiger partial charge in [0.05, 0.1) is 30.7 Å². The second kappa shape index (κ2) is 10.3. The molecule has 1 aromatic carbocycles. The minimum Gasteiger partial charge on any atom is -0.477 e. The molecule has 4 aromatic rings. The predicted octanol–water partition coefficient (Wildman–Crippen LogP) is 4.40. The van der Waals surface area contributed by atoms with Crippen molar-refractivity contribution in [1.29, 1.82) is 0 Å². The largest absolute Gasteiger partial charge is 0.477 e. The van der Waals surface area contributed by atoms with E-state index in [4.69, 9.17) is 19.0 Å². The van der Waals surface area contributed by atoms with Gasteiger partial charge in [-0.2, -0.15) is 0 Å². The van der Waals surface area contributed by atoms with Gasteiger partial charge in [0.25, 0.3) is 0 Å². The molecule has 1 atom stereocenters. The fraction of sp³-hybridized carbons (Fsp3) is 0.222. The molecule has 0 amide bonds. The molecule has 11 nitrogen and oxygen atoms in total. The van der Waals surface area contributed by atoms with Gasteiger partial charge in [0.2, 0.25) is 5.88 Å². The number of thiophene rings is 1. The minimum absolute atomic E-state index is 0.0751. The van der Waals surface area contributed by atoms with Crippen LogP contribution in [0.15, 0.2) is 58.2 Å². The highest BCUT2D eigenvalue weighted by Gasteiger charge is 2.31. The van der Waals surface area contributed by atoms with Crippen molar-refractivity contribution in [1.82, 2.24) is 10.1 Å². The number of aromatic carboxylic acids is 2. The van der Waals surface area contributed by atoms with Gasteiger partial charge in [-0.3, -0.25) is 4.99 Å². The lowest BCUT2D eigenvalue weighted by atomic mass is 9.98. The second-order valence-corrected chi connectivity index (χ2v) is 10.1. The molecular weight excluding hydrogens is 524 g/mol. The van der Waals surface area contributed by atoms with Crippen molar-refractivity contribution >= 4 is 35.2 Å². The number of ether oxygens (including phenoxy) is 2. The van der Waals surface area contributed by atoms with Crippen molar-refractivity contribution < 1.29 is 33.8 Å². The molecule has 2 aliphatic heterocycles. The summed E-state index contributed by atoms with van der Waals surface area (Å²) in [6, 6.07) is 12.5. The zero-order chi connectivity index (χ0) is 26.9. The number of carboxylic acids is 2. The van der Waals surface area contributed by atoms with Gasteiger partial charge in [-0.25, -0.2) is 14.6 Å². The number of hydrogen-bond acceptors (Lipinski definition) is 10. The third kappa shape index (κ3) is 5.11. The maximum absolute atomic E-state index is 11.9. The number of hydrogen-bond donors (Lipinski definition) is 2. The molecule has 6 rings (SSSR count). The number of pyridine rings is 1. The number of carboxylic acid groups (broad SMARTS) is 2. The third-order valence-electron chi connectivity index (χ3n) is 6.43. The normalized spacial score (nSPS) is 16.3. The van der Waals surface area contributed by atoms with Crippen LogP contribution in [0.2, 0.25) is 0 Å². The average molecular weight is 547 g/mol. The van der Waals surface area contributed by atoms with Crippen LogP contribution in [0, 0.1) is 0 Å². The van der Waals surface area contributed by atoms with Gasteiger partial charge in [0, 0.05) is 41.0 Å². The van der Waals surface area contributed by atoms with Gasteiger partial charge < -0.3 is 29.1 Å². The number of aromatic nitrogens is 2. The number of carbonyl (C=O) groups is 2. The summed E-state index contributed by atoms with van der Waals surface area (Å²) in [5.41, 5.74) is 3.33. The van der Waals surface area contributed by atoms with E-state index in [1.807, 2.05) is 24.3 Å². The van der Waals surface area contributed by atoms with E-state index in [0.717, 1.165) is 41.9 Å². The number of benzene rings is 1. The molecule has 39 heavy (non-hydrogen) atoms. The topological polar surface area (TPSA) is 148 Å². The first-order chi connectivity index (χ1) is 19.0. The third-order valence-corrected chi connectivity index (χ3v) is 7.47. The van der Waals surface area contributed by atoms with Crippen LogP contribution in [0.3, 0.4) is 0 Å². The number of aliphatic imine (C=N–C) groups is 1. The quantitative estimate of drug-likeness (QED) is 0.309. The highest BCUT2D eigenvalue weighted by Crippen LogP contribution is 2.43. The van der Waals surface area contributed by atoms with E-state index in [2.05, 4.69) is 15.0 Å². The second-order valence-electron chi connectivity index (χ2n) is 8.90. The molecule has 2 aliphatic rings. The Kier molecular flexibility index (Phi) is 6.55. The lowest BCUT2D eigenvalue weighted by Gasteiger charge is -2.28. The Morgan fingerprint density at radius 3 is 2.51 bits per heavy atom. The highest BCUT2D eigenvalue weighted by atomic mass is 32.1. The Labute approximate surface area is 225 Å². The van der Waals surface area contributed by atoms with Crippen molar-refractivity contribution in [2.24, 2.45) is 4.99 Å². The monoisotopic (exact) mass is 546 g/mol. The molecule has 0 saturated carbocycles. The Morgan fingerprint density at radius 1 is 1.08 bits per heavy atom. The van der Waals surface area contributed by atoms with E-state index < -0.39 is 11.9 Å². The van der Waals surface area contributed by atoms with Crippen molar-refractivity contribution in [2.45, 2.75) is 12.6 Å². The van der Waals surface area contributed by atoms with Crippen molar-refractivity contribution in [3.8, 4) is 28.5 Å². The molecule has 0 spiro atoms. The van der Waals surface area contributed by atoms with Gasteiger partial charge in [0.1, 0.15) is 23.1 Å². The summed E-state index contributed by atoms with van der Waals surface area (Å²) in [7, 11) is 0. The summed E-state index contributed by atoms with van der Waals surface area (Å²) < 4.78 is 17.0. The molecule has 1 unspecified atom stereocenters. The Morgan fingerprint density at radius 2 is 1.85 bits per heavy atom. The standard InChI is InChI=1S/C27H22N4O7S/c32-26(33)19-12-29-38-24(19)18-11-20(15-1-3-16(4-2-15)31-7-9-36-10-8-31)30-25(23(18)21-13-28-21)37-14-17-5-6-22(39-17)27(34)35/h1-6,11-13,21H,7-10,14H2,(H,32,33)(H,34,35). The van der Waals surface area contributed by atoms with Crippen LogP contribution in [0.5, 0.6) is 5.88 Å². The fourth-order valence-corrected chi connectivity index (χ4v) is 5.18. The molecule has 2 N–H and O–H groups in total. The summed E-state index contributed by atoms with van der Waals surface area (Å²) in [6.45, 7) is 3.06. The van der Waals surface area contributed by atoms with Gasteiger partial charge >= 0.3 is 11.9 Å². The molecule has 198 valence electrons. The van der Waals surface area contributed by atoms with Crippen LogP contribution < -0.4 is 9.64 Å². The molecule has 0 aliphatic carbocycles. The van der Waals surface area contributed by atoms with Crippen LogP contribution >= 0.6 is 11.3 Å². The van der Waals surface area contributed by atoms with Gasteiger partial charge in [-0.05, 0) is 30.3 Å². The predicted molar refractivity (Wildman–Crippen MR) is 142 cm³/mol. The molecule has 5 heterocycles. The fourth-order valence-electron chi connectivity index (χ4n) is 4.42. The SMILES string of the molecule is O=C(O)c1ccc(COc2nc(-c3ccc(N4CCOCC4)cc3)cc(-c3oncc3C(=O)O)c2C2C=N2)s1. The van der Waals surface area contributed by atoms with Gasteiger partial charge in [0.15, 0.2) is 5.76 Å². The maximum Gasteiger partial charge on any atom is 0.345 e. The van der Waals surface area contributed by atoms with Crippen LogP contribution in [-0.2, 0) is 11.3 Å². The van der Waals surface area contributed by atoms with E-state index in [1.54, 1.807) is 18.3 Å². The Hall–Kier alpha value is -4.55. The molecule has 12 heteroatoms. The van der Waals surface area contributed by atoms with Crippen LogP contribution in [0.25, 0.3) is 22.6 Å². The number of rotatable bonds is 9.